The minimum Gasteiger partial charge on any atom is -0.325 e. The number of hydrogen-bond donors (Lipinski definition) is 0. The van der Waals surface area contributed by atoms with Gasteiger partial charge in [0.2, 0.25) is 11.8 Å². The van der Waals surface area contributed by atoms with Crippen LogP contribution in [-0.4, -0.2) is 28.7 Å². The summed E-state index contributed by atoms with van der Waals surface area (Å²) in [6.07, 6.45) is 6.34. The molecule has 4 bridgehead atoms. The molecule has 1 heterocycles. The van der Waals surface area contributed by atoms with Crippen molar-refractivity contribution in [1.29, 1.82) is 0 Å². The molecule has 3 amide bonds. The lowest BCUT2D eigenvalue weighted by molar-refractivity contribution is -0.162. The zero-order valence-electron chi connectivity index (χ0n) is 19.5. The summed E-state index contributed by atoms with van der Waals surface area (Å²) in [5.74, 6) is 1.16. The van der Waals surface area contributed by atoms with Crippen molar-refractivity contribution in [2.45, 2.75) is 57.5 Å². The summed E-state index contributed by atoms with van der Waals surface area (Å²) in [6, 6.07) is 13.2. The molecule has 1 aliphatic heterocycles. The average molecular weight is 511 g/mol. The highest BCUT2D eigenvalue weighted by atomic mass is 35.5. The molecule has 2 aromatic carbocycles. The molecule has 5 aliphatic rings. The summed E-state index contributed by atoms with van der Waals surface area (Å²) in [4.78, 5) is 44.1. The van der Waals surface area contributed by atoms with Crippen LogP contribution >= 0.6 is 23.2 Å². The van der Waals surface area contributed by atoms with Gasteiger partial charge in [-0.05, 0) is 92.2 Å². The van der Waals surface area contributed by atoms with E-state index in [0.717, 1.165) is 24.8 Å². The van der Waals surface area contributed by atoms with Gasteiger partial charge in [-0.2, -0.15) is 0 Å². The lowest BCUT2D eigenvalue weighted by Crippen LogP contribution is -2.57. The minimum absolute atomic E-state index is 0.0238. The maximum Gasteiger partial charge on any atom is 0.257 e. The molecule has 5 fully saturated rings. The van der Waals surface area contributed by atoms with E-state index in [1.807, 2.05) is 18.2 Å². The van der Waals surface area contributed by atoms with E-state index in [2.05, 4.69) is 0 Å². The second-order valence-corrected chi connectivity index (χ2v) is 11.8. The number of halogens is 2. The molecule has 0 spiro atoms. The third-order valence-electron chi connectivity index (χ3n) is 8.64. The van der Waals surface area contributed by atoms with Crippen LogP contribution in [0.25, 0.3) is 0 Å². The second-order valence-electron chi connectivity index (χ2n) is 11.0. The van der Waals surface area contributed by atoms with Gasteiger partial charge in [0.15, 0.2) is 0 Å². The third-order valence-corrected chi connectivity index (χ3v) is 9.26. The van der Waals surface area contributed by atoms with Crippen LogP contribution in [0.3, 0.4) is 0 Å². The van der Waals surface area contributed by atoms with Crippen LogP contribution in [0.5, 0.6) is 0 Å². The molecule has 4 aliphatic carbocycles. The highest BCUT2D eigenvalue weighted by Gasteiger charge is 2.57. The Kier molecular flexibility index (Phi) is 5.69. The number of imide groups is 1. The number of benzene rings is 2. The topological polar surface area (TPSA) is 57.7 Å². The van der Waals surface area contributed by atoms with Crippen LogP contribution in [0.15, 0.2) is 48.5 Å². The van der Waals surface area contributed by atoms with Gasteiger partial charge in [0.05, 0.1) is 17.5 Å². The van der Waals surface area contributed by atoms with Crippen LogP contribution in [0.4, 0.5) is 5.69 Å². The first-order valence-corrected chi connectivity index (χ1v) is 13.3. The summed E-state index contributed by atoms with van der Waals surface area (Å²) in [5.41, 5.74) is 0.844. The molecule has 4 saturated carbocycles. The number of anilines is 1. The lowest BCUT2D eigenvalue weighted by Gasteiger charge is -2.57. The van der Waals surface area contributed by atoms with Crippen molar-refractivity contribution >= 4 is 46.6 Å². The van der Waals surface area contributed by atoms with Crippen LogP contribution in [0, 0.1) is 23.2 Å². The molecular formula is C28H28Cl2N2O3. The molecule has 1 unspecified atom stereocenters. The summed E-state index contributed by atoms with van der Waals surface area (Å²) >= 11 is 12.5. The van der Waals surface area contributed by atoms with E-state index >= 15 is 0 Å². The summed E-state index contributed by atoms with van der Waals surface area (Å²) in [7, 11) is 0. The van der Waals surface area contributed by atoms with E-state index in [1.165, 1.54) is 24.2 Å². The van der Waals surface area contributed by atoms with Crippen LogP contribution in [0.1, 0.15) is 50.5 Å². The van der Waals surface area contributed by atoms with E-state index in [1.54, 1.807) is 35.2 Å². The molecule has 1 saturated heterocycles. The Morgan fingerprint density at radius 2 is 1.51 bits per heavy atom. The monoisotopic (exact) mass is 510 g/mol. The number of amides is 3. The molecule has 0 radical (unpaired) electrons. The number of carbonyl (C=O) groups is 3. The van der Waals surface area contributed by atoms with Crippen molar-refractivity contribution in [3.63, 3.8) is 0 Å². The second kappa shape index (κ2) is 8.63. The van der Waals surface area contributed by atoms with Gasteiger partial charge in [-0.15, -0.1) is 0 Å². The van der Waals surface area contributed by atoms with Gasteiger partial charge in [0.25, 0.3) is 5.91 Å². The van der Waals surface area contributed by atoms with E-state index < -0.39 is 11.5 Å². The van der Waals surface area contributed by atoms with Crippen molar-refractivity contribution in [1.82, 2.24) is 4.90 Å². The van der Waals surface area contributed by atoms with E-state index in [4.69, 9.17) is 23.2 Å². The molecule has 5 nitrogen and oxygen atoms in total. The molecule has 0 aromatic heterocycles. The van der Waals surface area contributed by atoms with Crippen molar-refractivity contribution in [2.24, 2.45) is 23.2 Å². The largest absolute Gasteiger partial charge is 0.325 e. The fourth-order valence-corrected chi connectivity index (χ4v) is 7.85. The first-order chi connectivity index (χ1) is 16.8. The van der Waals surface area contributed by atoms with E-state index in [0.29, 0.717) is 33.5 Å². The van der Waals surface area contributed by atoms with Crippen LogP contribution < -0.4 is 4.90 Å². The Balaban J connectivity index is 1.36. The zero-order valence-corrected chi connectivity index (χ0v) is 21.0. The van der Waals surface area contributed by atoms with Gasteiger partial charge < -0.3 is 4.90 Å². The van der Waals surface area contributed by atoms with Gasteiger partial charge in [-0.1, -0.05) is 41.4 Å². The smallest absolute Gasteiger partial charge is 0.257 e. The summed E-state index contributed by atoms with van der Waals surface area (Å²) in [5, 5.41) is 1.09. The maximum absolute atomic E-state index is 14.4. The Morgan fingerprint density at radius 1 is 0.914 bits per heavy atom. The molecule has 7 rings (SSSR count). The number of carbonyl (C=O) groups excluding carboxylic acids is 3. The summed E-state index contributed by atoms with van der Waals surface area (Å²) < 4.78 is 0. The quantitative estimate of drug-likeness (QED) is 0.472. The normalized spacial score (nSPS) is 31.3. The predicted molar refractivity (Wildman–Crippen MR) is 135 cm³/mol. The third kappa shape index (κ3) is 3.97. The average Bonchev–Trinajstić information content (AvgIpc) is 3.11. The van der Waals surface area contributed by atoms with Gasteiger partial charge in [-0.3, -0.25) is 14.4 Å². The highest BCUT2D eigenvalue weighted by molar-refractivity contribution is 6.31. The number of nitrogens with zero attached hydrogens (tertiary/aromatic N) is 2. The molecular weight excluding hydrogens is 483 g/mol. The van der Waals surface area contributed by atoms with Gasteiger partial charge >= 0.3 is 0 Å². The van der Waals surface area contributed by atoms with Gasteiger partial charge in [0, 0.05) is 16.6 Å². The SMILES string of the molecule is O=C1CC(N(Cc2ccccc2Cl)C(=O)C23CC4CC(CC(C4)C2)C3)C(=O)N1c1ccc(Cl)cc1. The number of rotatable bonds is 5. The number of hydrogen-bond acceptors (Lipinski definition) is 3. The molecule has 0 N–H and O–H groups in total. The molecule has 1 atom stereocenters. The van der Waals surface area contributed by atoms with Gasteiger partial charge in [0.1, 0.15) is 6.04 Å². The summed E-state index contributed by atoms with van der Waals surface area (Å²) in [6.45, 7) is 0.221. The van der Waals surface area contributed by atoms with Gasteiger partial charge in [-0.25, -0.2) is 4.90 Å². The Bertz CT molecular complexity index is 1160. The zero-order chi connectivity index (χ0) is 24.3. The lowest BCUT2D eigenvalue weighted by atomic mass is 9.49. The van der Waals surface area contributed by atoms with E-state index in [9.17, 15) is 14.4 Å². The molecule has 35 heavy (non-hydrogen) atoms. The van der Waals surface area contributed by atoms with Crippen molar-refractivity contribution in [3.05, 3.63) is 64.1 Å². The fraction of sp³-hybridized carbons (Fsp3) is 0.464. The van der Waals surface area contributed by atoms with Crippen molar-refractivity contribution < 1.29 is 14.4 Å². The highest BCUT2D eigenvalue weighted by Crippen LogP contribution is 2.60. The first kappa shape index (κ1) is 23.1. The Hall–Kier alpha value is -2.37. The van der Waals surface area contributed by atoms with Crippen LogP contribution in [0.2, 0.25) is 10.0 Å². The molecule has 182 valence electrons. The Labute approximate surface area is 215 Å². The predicted octanol–water partition coefficient (Wildman–Crippen LogP) is 5.87. The standard InChI is InChI=1S/C28H28Cl2N2O3/c29-21-5-7-22(8-6-21)32-25(33)12-24(26(32)34)31(16-20-3-1-2-4-23(20)30)27(35)28-13-17-9-18(14-28)11-19(10-17)15-28/h1-8,17-19,24H,9-16H2. The van der Waals surface area contributed by atoms with Crippen molar-refractivity contribution in [3.8, 4) is 0 Å². The minimum atomic E-state index is -0.838. The maximum atomic E-state index is 14.4. The first-order valence-electron chi connectivity index (χ1n) is 12.5. The fourth-order valence-electron chi connectivity index (χ4n) is 7.53. The van der Waals surface area contributed by atoms with Crippen molar-refractivity contribution in [2.75, 3.05) is 4.90 Å². The Morgan fingerprint density at radius 3 is 2.11 bits per heavy atom. The molecule has 2 aromatic rings. The molecule has 7 heteroatoms. The van der Waals surface area contributed by atoms with E-state index in [-0.39, 0.29) is 30.7 Å². The van der Waals surface area contributed by atoms with Crippen LogP contribution in [-0.2, 0) is 20.9 Å².